The Hall–Kier alpha value is -1.67. The van der Waals surface area contributed by atoms with E-state index in [1.54, 1.807) is 6.92 Å². The fraction of sp³-hybridized carbons (Fsp3) is 0.727. The van der Waals surface area contributed by atoms with Gasteiger partial charge in [-0.05, 0) is 26.2 Å². The number of hydrazine groups is 1. The Kier molecular flexibility index (Phi) is 6.83. The third-order valence-electron chi connectivity index (χ3n) is 2.26. The Bertz CT molecular complexity index is 374. The van der Waals surface area contributed by atoms with E-state index < -0.39 is 0 Å². The smallest absolute Gasteiger partial charge is 0.323 e. The third kappa shape index (κ3) is 6.16. The number of hydrogen-bond acceptors (Lipinski definition) is 8. The number of nitrogens with two attached hydrogens (primary N) is 1. The second-order valence-electron chi connectivity index (χ2n) is 4.18. The zero-order chi connectivity index (χ0) is 14.1. The summed E-state index contributed by atoms with van der Waals surface area (Å²) in [7, 11) is 0. The van der Waals surface area contributed by atoms with Gasteiger partial charge in [0.15, 0.2) is 0 Å². The maximum absolute atomic E-state index is 9.16. The Labute approximate surface area is 112 Å². The first kappa shape index (κ1) is 15.4. The summed E-state index contributed by atoms with van der Waals surface area (Å²) in [6.45, 7) is 4.95. The van der Waals surface area contributed by atoms with Crippen LogP contribution in [0.1, 0.15) is 33.1 Å². The fourth-order valence-electron chi connectivity index (χ4n) is 1.36. The van der Waals surface area contributed by atoms with Crippen LogP contribution in [0.3, 0.4) is 0 Å². The average Bonchev–Trinajstić information content (AvgIpc) is 2.41. The number of rotatable bonds is 9. The van der Waals surface area contributed by atoms with Crippen molar-refractivity contribution in [3.63, 3.8) is 0 Å². The molecule has 0 aliphatic heterocycles. The number of aliphatic hydroxyl groups is 1. The lowest BCUT2D eigenvalue weighted by Crippen LogP contribution is -2.15. The first-order valence-corrected chi connectivity index (χ1v) is 6.43. The lowest BCUT2D eigenvalue weighted by molar-refractivity contribution is 0.183. The zero-order valence-corrected chi connectivity index (χ0v) is 11.4. The van der Waals surface area contributed by atoms with Gasteiger partial charge in [-0.15, -0.1) is 0 Å². The molecule has 8 nitrogen and oxygen atoms in total. The fourth-order valence-corrected chi connectivity index (χ4v) is 1.36. The van der Waals surface area contributed by atoms with Gasteiger partial charge in [-0.1, -0.05) is 6.92 Å². The van der Waals surface area contributed by atoms with E-state index in [1.165, 1.54) is 0 Å². The van der Waals surface area contributed by atoms with Gasteiger partial charge in [0.05, 0.1) is 12.7 Å². The summed E-state index contributed by atoms with van der Waals surface area (Å²) < 4.78 is 5.35. The van der Waals surface area contributed by atoms with E-state index in [0.29, 0.717) is 19.1 Å². The van der Waals surface area contributed by atoms with Crippen molar-refractivity contribution in [2.45, 2.75) is 39.2 Å². The van der Waals surface area contributed by atoms with Gasteiger partial charge in [0.2, 0.25) is 11.9 Å². The van der Waals surface area contributed by atoms with Gasteiger partial charge in [0.1, 0.15) is 0 Å². The average molecular weight is 270 g/mol. The van der Waals surface area contributed by atoms with Crippen molar-refractivity contribution in [2.24, 2.45) is 5.84 Å². The quantitative estimate of drug-likeness (QED) is 0.291. The van der Waals surface area contributed by atoms with Gasteiger partial charge in [0.25, 0.3) is 0 Å². The number of aromatic nitrogens is 3. The number of hydrogen-bond donors (Lipinski definition) is 4. The largest absolute Gasteiger partial charge is 0.463 e. The molecule has 1 aromatic heterocycles. The topological polar surface area (TPSA) is 118 Å². The first-order valence-electron chi connectivity index (χ1n) is 6.43. The monoisotopic (exact) mass is 270 g/mol. The minimum absolute atomic E-state index is 0.239. The zero-order valence-electron chi connectivity index (χ0n) is 11.4. The van der Waals surface area contributed by atoms with Crippen molar-refractivity contribution in [1.29, 1.82) is 0 Å². The summed E-state index contributed by atoms with van der Waals surface area (Å²) in [5.41, 5.74) is 2.37. The maximum atomic E-state index is 9.16. The summed E-state index contributed by atoms with van der Waals surface area (Å²) in [5.74, 6) is 5.94. The molecule has 0 radical (unpaired) electrons. The van der Waals surface area contributed by atoms with Crippen LogP contribution >= 0.6 is 0 Å². The Morgan fingerprint density at radius 2 is 2.05 bits per heavy atom. The van der Waals surface area contributed by atoms with Crippen LogP contribution in [0, 0.1) is 0 Å². The minimum atomic E-state index is -0.301. The van der Waals surface area contributed by atoms with Crippen LogP contribution in [-0.2, 0) is 0 Å². The lowest BCUT2D eigenvalue weighted by atomic mass is 10.2. The minimum Gasteiger partial charge on any atom is -0.463 e. The Morgan fingerprint density at radius 1 is 1.32 bits per heavy atom. The van der Waals surface area contributed by atoms with Crippen molar-refractivity contribution in [2.75, 3.05) is 23.9 Å². The van der Waals surface area contributed by atoms with Crippen LogP contribution < -0.4 is 21.3 Å². The van der Waals surface area contributed by atoms with E-state index >= 15 is 0 Å². The van der Waals surface area contributed by atoms with Crippen molar-refractivity contribution < 1.29 is 9.84 Å². The molecule has 1 rings (SSSR count). The highest BCUT2D eigenvalue weighted by molar-refractivity contribution is 5.34. The van der Waals surface area contributed by atoms with E-state index in [0.717, 1.165) is 19.3 Å². The highest BCUT2D eigenvalue weighted by Crippen LogP contribution is 2.10. The van der Waals surface area contributed by atoms with Crippen LogP contribution in [0.2, 0.25) is 0 Å². The molecule has 0 saturated heterocycles. The number of aliphatic hydroxyl groups excluding tert-OH is 1. The number of nitrogen functional groups attached to an aromatic ring is 1. The molecule has 1 heterocycles. The van der Waals surface area contributed by atoms with Crippen molar-refractivity contribution >= 4 is 11.9 Å². The molecule has 0 amide bonds. The molecule has 0 aromatic carbocycles. The predicted molar refractivity (Wildman–Crippen MR) is 72.8 cm³/mol. The highest BCUT2D eigenvalue weighted by Gasteiger charge is 2.06. The lowest BCUT2D eigenvalue weighted by Gasteiger charge is -2.09. The molecule has 0 spiro atoms. The number of nitrogens with one attached hydrogen (secondary N) is 2. The molecule has 0 fully saturated rings. The molecule has 1 aromatic rings. The van der Waals surface area contributed by atoms with E-state index in [1.807, 2.05) is 6.92 Å². The van der Waals surface area contributed by atoms with Crippen LogP contribution in [0.25, 0.3) is 0 Å². The molecule has 1 atom stereocenters. The molecule has 108 valence electrons. The van der Waals surface area contributed by atoms with E-state index in [-0.39, 0.29) is 18.1 Å². The van der Waals surface area contributed by atoms with Gasteiger partial charge in [-0.2, -0.15) is 15.0 Å². The van der Waals surface area contributed by atoms with E-state index in [9.17, 15) is 0 Å². The summed E-state index contributed by atoms with van der Waals surface area (Å²) in [6.07, 6.45) is 2.11. The molecule has 19 heavy (non-hydrogen) atoms. The molecule has 5 N–H and O–H groups in total. The van der Waals surface area contributed by atoms with E-state index in [4.69, 9.17) is 15.7 Å². The van der Waals surface area contributed by atoms with Crippen molar-refractivity contribution in [1.82, 2.24) is 15.0 Å². The van der Waals surface area contributed by atoms with Crippen LogP contribution in [-0.4, -0.2) is 39.3 Å². The van der Waals surface area contributed by atoms with Crippen LogP contribution in [0.5, 0.6) is 6.01 Å². The molecule has 1 unspecified atom stereocenters. The van der Waals surface area contributed by atoms with Crippen LogP contribution in [0.4, 0.5) is 11.9 Å². The maximum Gasteiger partial charge on any atom is 0.323 e. The third-order valence-corrected chi connectivity index (χ3v) is 2.26. The SMILES string of the molecule is CCCOc1nc(NN)nc(NCCCC(C)O)n1. The number of nitrogens with zero attached hydrogens (tertiary/aromatic N) is 3. The molecule has 0 aliphatic rings. The first-order chi connectivity index (χ1) is 9.15. The second kappa shape index (κ2) is 8.44. The molecule has 8 heteroatoms. The number of anilines is 2. The normalized spacial score (nSPS) is 12.0. The summed E-state index contributed by atoms with van der Waals surface area (Å²) in [4.78, 5) is 12.2. The van der Waals surface area contributed by atoms with Crippen LogP contribution in [0.15, 0.2) is 0 Å². The standard InChI is InChI=1S/C11H22N6O2/c1-3-7-19-11-15-9(14-10(16-11)17-12)13-6-4-5-8(2)18/h8,18H,3-7,12H2,1-2H3,(H2,13,14,15,16,17). The molecule has 0 saturated carbocycles. The van der Waals surface area contributed by atoms with Crippen molar-refractivity contribution in [3.8, 4) is 6.01 Å². The van der Waals surface area contributed by atoms with Gasteiger partial charge in [-0.3, -0.25) is 5.43 Å². The van der Waals surface area contributed by atoms with E-state index in [2.05, 4.69) is 25.7 Å². The summed E-state index contributed by atoms with van der Waals surface area (Å²) >= 11 is 0. The molecular weight excluding hydrogens is 248 g/mol. The molecule has 0 aliphatic carbocycles. The highest BCUT2D eigenvalue weighted by atomic mass is 16.5. The van der Waals surface area contributed by atoms with Gasteiger partial charge in [0, 0.05) is 6.54 Å². The van der Waals surface area contributed by atoms with Gasteiger partial charge in [-0.25, -0.2) is 5.84 Å². The molecular formula is C11H22N6O2. The number of ether oxygens (including phenoxy) is 1. The predicted octanol–water partition coefficient (Wildman–Crippen LogP) is 0.519. The van der Waals surface area contributed by atoms with Crippen molar-refractivity contribution in [3.05, 3.63) is 0 Å². The Morgan fingerprint density at radius 3 is 2.68 bits per heavy atom. The van der Waals surface area contributed by atoms with Gasteiger partial charge < -0.3 is 15.2 Å². The summed E-state index contributed by atoms with van der Waals surface area (Å²) in [5, 5.41) is 12.2. The molecule has 0 bridgehead atoms. The second-order valence-corrected chi connectivity index (χ2v) is 4.18. The summed E-state index contributed by atoms with van der Waals surface area (Å²) in [6, 6.07) is 0.239. The van der Waals surface area contributed by atoms with Gasteiger partial charge >= 0.3 is 6.01 Å². The Balaban J connectivity index is 2.55.